The van der Waals surface area contributed by atoms with Gasteiger partial charge in [-0.15, -0.1) is 11.3 Å². The average Bonchev–Trinajstić information content (AvgIpc) is 2.87. The van der Waals surface area contributed by atoms with E-state index >= 15 is 0 Å². The average molecular weight is 389 g/mol. The van der Waals surface area contributed by atoms with Gasteiger partial charge in [0.05, 0.1) is 15.6 Å². The molecule has 1 atom stereocenters. The lowest BCUT2D eigenvalue weighted by Gasteiger charge is -2.14. The van der Waals surface area contributed by atoms with Gasteiger partial charge in [0.1, 0.15) is 0 Å². The number of sulfonamides is 1. The third-order valence-corrected chi connectivity index (χ3v) is 6.06. The molecule has 0 fully saturated rings. The Bertz CT molecular complexity index is 696. The predicted molar refractivity (Wildman–Crippen MR) is 93.6 cm³/mol. The molecule has 0 aliphatic carbocycles. The van der Waals surface area contributed by atoms with Crippen LogP contribution in [0.5, 0.6) is 0 Å². The summed E-state index contributed by atoms with van der Waals surface area (Å²) >= 11 is 5.15. The monoisotopic (exact) mass is 388 g/mol. The first kappa shape index (κ1) is 16.3. The summed E-state index contributed by atoms with van der Waals surface area (Å²) in [5.74, 6) is 0.0668. The Morgan fingerprint density at radius 3 is 2.29 bits per heavy atom. The van der Waals surface area contributed by atoms with Crippen molar-refractivity contribution in [3.8, 4) is 0 Å². The molecule has 0 radical (unpaired) electrons. The highest BCUT2D eigenvalue weighted by molar-refractivity contribution is 9.11. The zero-order chi connectivity index (χ0) is 15.5. The fraction of sp³-hybridized carbons (Fsp3) is 0.286. The van der Waals surface area contributed by atoms with Crippen LogP contribution in [0.1, 0.15) is 24.8 Å². The maximum Gasteiger partial charge on any atom is 0.232 e. The molecule has 4 nitrogen and oxygen atoms in total. The first-order valence-electron chi connectivity index (χ1n) is 6.52. The Kier molecular flexibility index (Phi) is 5.29. The standard InChI is InChI=1S/C14H17BrN2O2S2/c1-3-21(18,19)17-12-6-4-11(5-7-12)16-10(2)13-8-9-14(15)20-13/h4-10,16-17H,3H2,1-2H3. The molecule has 21 heavy (non-hydrogen) atoms. The molecule has 0 saturated heterocycles. The van der Waals surface area contributed by atoms with E-state index in [1.54, 1.807) is 30.4 Å². The van der Waals surface area contributed by atoms with Crippen LogP contribution in [-0.4, -0.2) is 14.2 Å². The van der Waals surface area contributed by atoms with Crippen molar-refractivity contribution in [2.24, 2.45) is 0 Å². The van der Waals surface area contributed by atoms with Crippen LogP contribution >= 0.6 is 27.3 Å². The lowest BCUT2D eigenvalue weighted by molar-refractivity contribution is 0.602. The van der Waals surface area contributed by atoms with Crippen molar-refractivity contribution in [3.05, 3.63) is 45.1 Å². The lowest BCUT2D eigenvalue weighted by Crippen LogP contribution is -2.14. The highest BCUT2D eigenvalue weighted by Crippen LogP contribution is 2.29. The number of hydrogen-bond donors (Lipinski definition) is 2. The van der Waals surface area contributed by atoms with E-state index in [1.165, 1.54) is 4.88 Å². The molecule has 0 spiro atoms. The van der Waals surface area contributed by atoms with Crippen molar-refractivity contribution in [3.63, 3.8) is 0 Å². The van der Waals surface area contributed by atoms with Crippen molar-refractivity contribution in [1.82, 2.24) is 0 Å². The zero-order valence-electron chi connectivity index (χ0n) is 11.8. The second-order valence-corrected chi connectivity index (χ2v) is 9.10. The molecule has 7 heteroatoms. The molecule has 0 bridgehead atoms. The SMILES string of the molecule is CCS(=O)(=O)Nc1ccc(NC(C)c2ccc(Br)s2)cc1. The molecule has 2 N–H and O–H groups in total. The second kappa shape index (κ2) is 6.81. The smallest absolute Gasteiger partial charge is 0.232 e. The van der Waals surface area contributed by atoms with Gasteiger partial charge in [0.25, 0.3) is 0 Å². The van der Waals surface area contributed by atoms with Crippen molar-refractivity contribution >= 4 is 48.7 Å². The second-order valence-electron chi connectivity index (χ2n) is 4.59. The summed E-state index contributed by atoms with van der Waals surface area (Å²) in [5, 5.41) is 3.39. The summed E-state index contributed by atoms with van der Waals surface area (Å²) in [5.41, 5.74) is 1.53. The third-order valence-electron chi connectivity index (χ3n) is 2.94. The Morgan fingerprint density at radius 2 is 1.76 bits per heavy atom. The Hall–Kier alpha value is -1.05. The molecule has 0 aliphatic rings. The first-order valence-corrected chi connectivity index (χ1v) is 9.78. The van der Waals surface area contributed by atoms with Gasteiger partial charge in [0, 0.05) is 16.3 Å². The number of halogens is 1. The molecule has 0 aliphatic heterocycles. The van der Waals surface area contributed by atoms with E-state index in [2.05, 4.69) is 39.0 Å². The summed E-state index contributed by atoms with van der Waals surface area (Å²) in [7, 11) is -3.22. The number of anilines is 2. The van der Waals surface area contributed by atoms with E-state index in [0.717, 1.165) is 9.47 Å². The molecule has 0 amide bonds. The molecule has 1 heterocycles. The van der Waals surface area contributed by atoms with Gasteiger partial charge in [-0.25, -0.2) is 8.42 Å². The number of thiophene rings is 1. The molecule has 1 aromatic heterocycles. The third kappa shape index (κ3) is 4.72. The van der Waals surface area contributed by atoms with Crippen LogP contribution in [0, 0.1) is 0 Å². The van der Waals surface area contributed by atoms with E-state index in [0.29, 0.717) is 5.69 Å². The molecular weight excluding hydrogens is 372 g/mol. The van der Waals surface area contributed by atoms with Gasteiger partial charge in [0.2, 0.25) is 10.0 Å². The summed E-state index contributed by atoms with van der Waals surface area (Å²) in [4.78, 5) is 1.23. The minimum atomic E-state index is -3.22. The molecular formula is C14H17BrN2O2S2. The van der Waals surface area contributed by atoms with E-state index in [4.69, 9.17) is 0 Å². The predicted octanol–water partition coefficient (Wildman–Crippen LogP) is 4.45. The summed E-state index contributed by atoms with van der Waals surface area (Å²) in [6.07, 6.45) is 0. The topological polar surface area (TPSA) is 58.2 Å². The van der Waals surface area contributed by atoms with E-state index in [-0.39, 0.29) is 11.8 Å². The molecule has 1 unspecified atom stereocenters. The van der Waals surface area contributed by atoms with E-state index in [9.17, 15) is 8.42 Å². The highest BCUT2D eigenvalue weighted by atomic mass is 79.9. The van der Waals surface area contributed by atoms with Gasteiger partial charge < -0.3 is 5.32 Å². The van der Waals surface area contributed by atoms with Crippen LogP contribution in [-0.2, 0) is 10.0 Å². The largest absolute Gasteiger partial charge is 0.378 e. The Morgan fingerprint density at radius 1 is 1.14 bits per heavy atom. The van der Waals surface area contributed by atoms with Gasteiger partial charge in [-0.1, -0.05) is 0 Å². The number of rotatable bonds is 6. The zero-order valence-corrected chi connectivity index (χ0v) is 15.0. The van der Waals surface area contributed by atoms with Gasteiger partial charge in [-0.2, -0.15) is 0 Å². The normalized spacial score (nSPS) is 12.9. The van der Waals surface area contributed by atoms with Crippen molar-refractivity contribution < 1.29 is 8.42 Å². The van der Waals surface area contributed by atoms with Crippen LogP contribution in [0.3, 0.4) is 0 Å². The van der Waals surface area contributed by atoms with Gasteiger partial charge in [-0.3, -0.25) is 4.72 Å². The fourth-order valence-corrected chi connectivity index (χ4v) is 3.83. The minimum Gasteiger partial charge on any atom is -0.378 e. The number of nitrogens with one attached hydrogen (secondary N) is 2. The maximum absolute atomic E-state index is 11.5. The van der Waals surface area contributed by atoms with E-state index < -0.39 is 10.0 Å². The minimum absolute atomic E-state index is 0.0668. The molecule has 2 aromatic rings. The Balaban J connectivity index is 2.02. The Labute approximate surface area is 137 Å². The summed E-state index contributed by atoms with van der Waals surface area (Å²) in [6.45, 7) is 3.70. The lowest BCUT2D eigenvalue weighted by atomic mass is 10.2. The molecule has 0 saturated carbocycles. The highest BCUT2D eigenvalue weighted by Gasteiger charge is 2.09. The first-order chi connectivity index (χ1) is 9.89. The van der Waals surface area contributed by atoms with Crippen LogP contribution in [0.15, 0.2) is 40.2 Å². The summed E-state index contributed by atoms with van der Waals surface area (Å²) in [6, 6.07) is 11.6. The van der Waals surface area contributed by atoms with Crippen molar-refractivity contribution in [2.45, 2.75) is 19.9 Å². The van der Waals surface area contributed by atoms with Gasteiger partial charge in [0.15, 0.2) is 0 Å². The van der Waals surface area contributed by atoms with Crippen LogP contribution in [0.4, 0.5) is 11.4 Å². The maximum atomic E-state index is 11.5. The van der Waals surface area contributed by atoms with E-state index in [1.807, 2.05) is 18.2 Å². The van der Waals surface area contributed by atoms with Crippen LogP contribution in [0.25, 0.3) is 0 Å². The van der Waals surface area contributed by atoms with Gasteiger partial charge >= 0.3 is 0 Å². The van der Waals surface area contributed by atoms with Crippen molar-refractivity contribution in [1.29, 1.82) is 0 Å². The van der Waals surface area contributed by atoms with Crippen LogP contribution in [0.2, 0.25) is 0 Å². The fourth-order valence-electron chi connectivity index (χ4n) is 1.77. The quantitative estimate of drug-likeness (QED) is 0.768. The van der Waals surface area contributed by atoms with Gasteiger partial charge in [-0.05, 0) is 66.2 Å². The molecule has 2 rings (SSSR count). The summed E-state index contributed by atoms with van der Waals surface area (Å²) < 4.78 is 26.6. The van der Waals surface area contributed by atoms with Crippen molar-refractivity contribution in [2.75, 3.05) is 15.8 Å². The van der Waals surface area contributed by atoms with Crippen LogP contribution < -0.4 is 10.0 Å². The number of benzene rings is 1. The molecule has 114 valence electrons. The molecule has 1 aromatic carbocycles. The number of hydrogen-bond acceptors (Lipinski definition) is 4.